The molecule has 0 saturated heterocycles. The van der Waals surface area contributed by atoms with Gasteiger partial charge in [-0.3, -0.25) is 0 Å². The van der Waals surface area contributed by atoms with Gasteiger partial charge in [0.15, 0.2) is 0 Å². The zero-order chi connectivity index (χ0) is 11.8. The highest BCUT2D eigenvalue weighted by molar-refractivity contribution is 7.99. The van der Waals surface area contributed by atoms with E-state index in [-0.39, 0.29) is 0 Å². The number of thioether (sulfide) groups is 1. The van der Waals surface area contributed by atoms with E-state index < -0.39 is 0 Å². The van der Waals surface area contributed by atoms with Crippen molar-refractivity contribution in [2.75, 3.05) is 6.54 Å². The molecule has 16 heavy (non-hydrogen) atoms. The Balaban J connectivity index is 2.23. The average Bonchev–Trinajstić information content (AvgIpc) is 2.28. The molecule has 2 atom stereocenters. The van der Waals surface area contributed by atoms with Crippen molar-refractivity contribution in [2.24, 2.45) is 0 Å². The Morgan fingerprint density at radius 2 is 2.19 bits per heavy atom. The fourth-order valence-electron chi connectivity index (χ4n) is 1.57. The molecule has 0 aliphatic carbocycles. The van der Waals surface area contributed by atoms with Crippen LogP contribution in [0.15, 0.2) is 29.4 Å². The molecule has 0 fully saturated rings. The molecule has 0 aromatic carbocycles. The largest absolute Gasteiger partial charge is 0.313 e. The summed E-state index contributed by atoms with van der Waals surface area (Å²) in [6.07, 6.45) is 4.35. The molecule has 0 bridgehead atoms. The average molecular weight is 238 g/mol. The molecule has 0 saturated carbocycles. The van der Waals surface area contributed by atoms with Crippen LogP contribution < -0.4 is 5.32 Å². The van der Waals surface area contributed by atoms with Crippen molar-refractivity contribution in [1.29, 1.82) is 0 Å². The fraction of sp³-hybridized carbons (Fsp3) is 0.615. The number of aromatic nitrogens is 1. The number of pyridine rings is 1. The van der Waals surface area contributed by atoms with Crippen LogP contribution >= 0.6 is 11.8 Å². The van der Waals surface area contributed by atoms with E-state index in [0.29, 0.717) is 11.3 Å². The molecule has 0 spiro atoms. The molecule has 0 amide bonds. The van der Waals surface area contributed by atoms with Gasteiger partial charge in [0, 0.05) is 24.0 Å². The SMILES string of the molecule is CCCC(C)NCC(C)Sc1ccccn1. The van der Waals surface area contributed by atoms with Crippen LogP contribution in [0.3, 0.4) is 0 Å². The topological polar surface area (TPSA) is 24.9 Å². The summed E-state index contributed by atoms with van der Waals surface area (Å²) in [7, 11) is 0. The Morgan fingerprint density at radius 3 is 2.81 bits per heavy atom. The smallest absolute Gasteiger partial charge is 0.0962 e. The second-order valence-electron chi connectivity index (χ2n) is 4.19. The van der Waals surface area contributed by atoms with Crippen molar-refractivity contribution >= 4 is 11.8 Å². The van der Waals surface area contributed by atoms with Gasteiger partial charge in [0.05, 0.1) is 5.03 Å². The summed E-state index contributed by atoms with van der Waals surface area (Å²) >= 11 is 1.83. The summed E-state index contributed by atoms with van der Waals surface area (Å²) < 4.78 is 0. The van der Waals surface area contributed by atoms with E-state index in [0.717, 1.165) is 11.6 Å². The Hall–Kier alpha value is -0.540. The maximum absolute atomic E-state index is 4.32. The van der Waals surface area contributed by atoms with Crippen LogP contribution in [0.4, 0.5) is 0 Å². The molecule has 1 rings (SSSR count). The summed E-state index contributed by atoms with van der Waals surface area (Å²) in [5, 5.41) is 5.23. The molecule has 90 valence electrons. The third kappa shape index (κ3) is 5.52. The van der Waals surface area contributed by atoms with Gasteiger partial charge in [-0.1, -0.05) is 26.3 Å². The highest BCUT2D eigenvalue weighted by atomic mass is 32.2. The van der Waals surface area contributed by atoms with E-state index >= 15 is 0 Å². The van der Waals surface area contributed by atoms with Gasteiger partial charge in [0.2, 0.25) is 0 Å². The lowest BCUT2D eigenvalue weighted by Crippen LogP contribution is -2.31. The van der Waals surface area contributed by atoms with Crippen LogP contribution in [-0.4, -0.2) is 22.8 Å². The second-order valence-corrected chi connectivity index (χ2v) is 5.65. The van der Waals surface area contributed by atoms with Crippen LogP contribution in [0.25, 0.3) is 0 Å². The van der Waals surface area contributed by atoms with Crippen LogP contribution in [0.1, 0.15) is 33.6 Å². The van der Waals surface area contributed by atoms with Gasteiger partial charge in [-0.2, -0.15) is 0 Å². The second kappa shape index (κ2) is 7.69. The molecular weight excluding hydrogens is 216 g/mol. The van der Waals surface area contributed by atoms with Crippen molar-refractivity contribution in [3.8, 4) is 0 Å². The maximum atomic E-state index is 4.32. The highest BCUT2D eigenvalue weighted by Crippen LogP contribution is 2.19. The minimum atomic E-state index is 0.564. The van der Waals surface area contributed by atoms with Gasteiger partial charge < -0.3 is 5.32 Å². The molecule has 2 nitrogen and oxygen atoms in total. The number of hydrogen-bond donors (Lipinski definition) is 1. The highest BCUT2D eigenvalue weighted by Gasteiger charge is 2.06. The summed E-state index contributed by atoms with van der Waals surface area (Å²) in [6, 6.07) is 6.68. The van der Waals surface area contributed by atoms with Crippen molar-refractivity contribution < 1.29 is 0 Å². The van der Waals surface area contributed by atoms with Crippen molar-refractivity contribution in [1.82, 2.24) is 10.3 Å². The zero-order valence-corrected chi connectivity index (χ0v) is 11.3. The summed E-state index contributed by atoms with van der Waals surface area (Å²) in [4.78, 5) is 4.32. The predicted octanol–water partition coefficient (Wildman–Crippen LogP) is 3.34. The summed E-state index contributed by atoms with van der Waals surface area (Å²) in [5.41, 5.74) is 0. The minimum absolute atomic E-state index is 0.564. The molecule has 2 unspecified atom stereocenters. The Morgan fingerprint density at radius 1 is 1.38 bits per heavy atom. The number of nitrogens with one attached hydrogen (secondary N) is 1. The number of rotatable bonds is 7. The molecule has 1 aromatic rings. The third-order valence-electron chi connectivity index (χ3n) is 2.44. The van der Waals surface area contributed by atoms with Gasteiger partial charge >= 0.3 is 0 Å². The first-order valence-corrected chi connectivity index (χ1v) is 6.91. The first-order chi connectivity index (χ1) is 7.72. The first kappa shape index (κ1) is 13.5. The van der Waals surface area contributed by atoms with E-state index in [1.165, 1.54) is 12.8 Å². The fourth-order valence-corrected chi connectivity index (χ4v) is 2.44. The maximum Gasteiger partial charge on any atom is 0.0962 e. The van der Waals surface area contributed by atoms with Crippen molar-refractivity contribution in [2.45, 2.75) is 49.9 Å². The lowest BCUT2D eigenvalue weighted by molar-refractivity contribution is 0.511. The standard InChI is InChI=1S/C13H22N2S/c1-4-7-11(2)15-10-12(3)16-13-8-5-6-9-14-13/h5-6,8-9,11-12,15H,4,7,10H2,1-3H3. The normalized spacial score (nSPS) is 14.7. The van der Waals surface area contributed by atoms with E-state index in [2.05, 4.69) is 37.1 Å². The van der Waals surface area contributed by atoms with Crippen LogP contribution in [-0.2, 0) is 0 Å². The van der Waals surface area contributed by atoms with Crippen LogP contribution in [0.5, 0.6) is 0 Å². The van der Waals surface area contributed by atoms with Crippen molar-refractivity contribution in [3.05, 3.63) is 24.4 Å². The lowest BCUT2D eigenvalue weighted by Gasteiger charge is -2.16. The molecule has 0 aliphatic rings. The van der Waals surface area contributed by atoms with Crippen LogP contribution in [0.2, 0.25) is 0 Å². The van der Waals surface area contributed by atoms with E-state index in [9.17, 15) is 0 Å². The molecule has 0 aliphatic heterocycles. The summed E-state index contributed by atoms with van der Waals surface area (Å²) in [5.74, 6) is 0. The zero-order valence-electron chi connectivity index (χ0n) is 10.4. The molecule has 1 N–H and O–H groups in total. The Bertz CT molecular complexity index is 277. The monoisotopic (exact) mass is 238 g/mol. The third-order valence-corrected chi connectivity index (χ3v) is 3.49. The molecule has 3 heteroatoms. The first-order valence-electron chi connectivity index (χ1n) is 6.03. The Kier molecular flexibility index (Phi) is 6.50. The number of hydrogen-bond acceptors (Lipinski definition) is 3. The molecule has 1 aromatic heterocycles. The molecule has 0 radical (unpaired) electrons. The summed E-state index contributed by atoms with van der Waals surface area (Å²) in [6.45, 7) is 7.76. The molecular formula is C13H22N2S. The lowest BCUT2D eigenvalue weighted by atomic mass is 10.2. The van der Waals surface area contributed by atoms with E-state index in [1.807, 2.05) is 30.1 Å². The predicted molar refractivity (Wildman–Crippen MR) is 71.9 cm³/mol. The molecule has 1 heterocycles. The van der Waals surface area contributed by atoms with Gasteiger partial charge in [-0.05, 0) is 25.5 Å². The van der Waals surface area contributed by atoms with Gasteiger partial charge in [0.25, 0.3) is 0 Å². The quantitative estimate of drug-likeness (QED) is 0.737. The van der Waals surface area contributed by atoms with Crippen LogP contribution in [0, 0.1) is 0 Å². The minimum Gasteiger partial charge on any atom is -0.313 e. The van der Waals surface area contributed by atoms with Gasteiger partial charge in [-0.15, -0.1) is 11.8 Å². The van der Waals surface area contributed by atoms with Gasteiger partial charge in [0.1, 0.15) is 0 Å². The van der Waals surface area contributed by atoms with Gasteiger partial charge in [-0.25, -0.2) is 4.98 Å². The van der Waals surface area contributed by atoms with Crippen molar-refractivity contribution in [3.63, 3.8) is 0 Å². The van der Waals surface area contributed by atoms with E-state index in [1.54, 1.807) is 0 Å². The Labute approximate surface area is 103 Å². The van der Waals surface area contributed by atoms with E-state index in [4.69, 9.17) is 0 Å². The number of nitrogens with zero attached hydrogens (tertiary/aromatic N) is 1.